The van der Waals surface area contributed by atoms with Crippen LogP contribution in [0.2, 0.25) is 0 Å². The molecule has 0 spiro atoms. The summed E-state index contributed by atoms with van der Waals surface area (Å²) in [6.07, 6.45) is 0. The van der Waals surface area contributed by atoms with E-state index in [-0.39, 0.29) is 11.6 Å². The highest BCUT2D eigenvalue weighted by molar-refractivity contribution is 6.70. The summed E-state index contributed by atoms with van der Waals surface area (Å²) in [6, 6.07) is 0. The van der Waals surface area contributed by atoms with Gasteiger partial charge in [0, 0.05) is 16.7 Å². The zero-order chi connectivity index (χ0) is 15.8. The molecular weight excluding hydrogens is 244 g/mol. The molecule has 1 N–H and O–H groups in total. The number of carbonyl (C=O) groups excluding carboxylic acids is 2. The van der Waals surface area contributed by atoms with Gasteiger partial charge in [-0.15, -0.1) is 5.46 Å². The lowest BCUT2D eigenvalue weighted by Crippen LogP contribution is -2.51. The maximum atomic E-state index is 12.2. The van der Waals surface area contributed by atoms with Crippen molar-refractivity contribution < 1.29 is 9.59 Å². The van der Waals surface area contributed by atoms with Crippen LogP contribution in [-0.2, 0) is 4.79 Å². The van der Waals surface area contributed by atoms with Crippen LogP contribution in [0.5, 0.6) is 0 Å². The second-order valence-electron chi connectivity index (χ2n) is 6.51. The summed E-state index contributed by atoms with van der Waals surface area (Å²) in [6.45, 7) is 5.58. The molecule has 1 amide bonds. The fourth-order valence-corrected chi connectivity index (χ4v) is 2.21. The van der Waals surface area contributed by atoms with Crippen molar-refractivity contribution in [1.29, 1.82) is 0 Å². The summed E-state index contributed by atoms with van der Waals surface area (Å²) in [7, 11) is 9.47. The molecule has 0 atom stereocenters. The van der Waals surface area contributed by atoms with Crippen molar-refractivity contribution in [2.45, 2.75) is 20.8 Å². The molecule has 8 heteroatoms. The molecule has 0 fully saturated rings. The van der Waals surface area contributed by atoms with Crippen molar-refractivity contribution in [3.8, 4) is 0 Å². The van der Waals surface area contributed by atoms with Gasteiger partial charge in [0.1, 0.15) is 37.1 Å². The van der Waals surface area contributed by atoms with E-state index in [0.717, 1.165) is 21.9 Å². The standard InChI is InChI=1S/C12H20B5NO2/c1-12(2,3)11(20)18-9-4(10(17)19)5(13)6(14)7(15)8(9)16/h13-17H2,1-3H3,(H,18,20). The van der Waals surface area contributed by atoms with Crippen LogP contribution < -0.4 is 27.2 Å². The molecule has 0 bridgehead atoms. The van der Waals surface area contributed by atoms with Gasteiger partial charge < -0.3 is 10.1 Å². The first-order valence-corrected chi connectivity index (χ1v) is 6.91. The van der Waals surface area contributed by atoms with Crippen LogP contribution in [-0.4, -0.2) is 50.8 Å². The minimum absolute atomic E-state index is 0.0158. The van der Waals surface area contributed by atoms with E-state index in [0.29, 0.717) is 11.3 Å². The number of carbonyl (C=O) groups is 2. The first-order valence-electron chi connectivity index (χ1n) is 6.91. The number of amides is 1. The molecule has 0 radical (unpaired) electrons. The van der Waals surface area contributed by atoms with Gasteiger partial charge in [-0.25, -0.2) is 0 Å². The fourth-order valence-electron chi connectivity index (χ4n) is 2.21. The Balaban J connectivity index is 3.53. The SMILES string of the molecule is BC(=O)c1c(B)c(B)c(B)c(B)c1NC(=O)C(C)(C)C. The minimum Gasteiger partial charge on any atom is -0.326 e. The van der Waals surface area contributed by atoms with Crippen molar-refractivity contribution in [2.24, 2.45) is 5.41 Å². The fraction of sp³-hybridized carbons (Fsp3) is 0.333. The zero-order valence-electron chi connectivity index (χ0n) is 13.8. The first-order chi connectivity index (χ1) is 8.98. The molecule has 100 valence electrons. The van der Waals surface area contributed by atoms with Crippen molar-refractivity contribution in [1.82, 2.24) is 0 Å². The highest BCUT2D eigenvalue weighted by Crippen LogP contribution is 2.17. The monoisotopic (exact) mass is 265 g/mol. The first kappa shape index (κ1) is 16.7. The molecule has 1 aromatic rings. The van der Waals surface area contributed by atoms with Gasteiger partial charge in [-0.05, 0) is 0 Å². The summed E-state index contributed by atoms with van der Waals surface area (Å²) < 4.78 is 0. The van der Waals surface area contributed by atoms with Gasteiger partial charge >= 0.3 is 0 Å². The van der Waals surface area contributed by atoms with Crippen molar-refractivity contribution in [3.05, 3.63) is 5.56 Å². The summed E-state index contributed by atoms with van der Waals surface area (Å²) in [4.78, 5) is 24.2. The highest BCUT2D eigenvalue weighted by Gasteiger charge is 2.25. The number of hydrogen-bond acceptors (Lipinski definition) is 2. The van der Waals surface area contributed by atoms with Crippen LogP contribution in [0.3, 0.4) is 0 Å². The van der Waals surface area contributed by atoms with E-state index in [1.807, 2.05) is 52.2 Å². The molecule has 0 heterocycles. The summed E-state index contributed by atoms with van der Waals surface area (Å²) in [5, 5.41) is 2.95. The van der Waals surface area contributed by atoms with E-state index in [4.69, 9.17) is 0 Å². The number of hydrogen-bond donors (Lipinski definition) is 1. The lowest BCUT2D eigenvalue weighted by Gasteiger charge is -2.24. The zero-order valence-corrected chi connectivity index (χ0v) is 13.8. The van der Waals surface area contributed by atoms with Crippen LogP contribution in [0.1, 0.15) is 31.1 Å². The van der Waals surface area contributed by atoms with E-state index in [1.165, 1.54) is 0 Å². The van der Waals surface area contributed by atoms with E-state index < -0.39 is 5.41 Å². The van der Waals surface area contributed by atoms with Crippen LogP contribution in [0.4, 0.5) is 5.69 Å². The maximum absolute atomic E-state index is 12.2. The number of nitrogens with one attached hydrogen (secondary N) is 1. The molecule has 0 aliphatic rings. The molecule has 0 saturated heterocycles. The number of benzene rings is 1. The van der Waals surface area contributed by atoms with E-state index in [1.54, 1.807) is 7.85 Å². The van der Waals surface area contributed by atoms with E-state index >= 15 is 0 Å². The Morgan fingerprint density at radius 3 is 1.75 bits per heavy atom. The molecule has 0 aromatic heterocycles. The Morgan fingerprint density at radius 1 is 0.900 bits per heavy atom. The normalized spacial score (nSPS) is 11.2. The summed E-state index contributed by atoms with van der Waals surface area (Å²) in [5.74, 6) is -0.0780. The highest BCUT2D eigenvalue weighted by atomic mass is 16.2. The Labute approximate surface area is 125 Å². The predicted molar refractivity (Wildman–Crippen MR) is 100 cm³/mol. The number of rotatable bonds is 2. The van der Waals surface area contributed by atoms with Gasteiger partial charge in [-0.1, -0.05) is 37.2 Å². The lowest BCUT2D eigenvalue weighted by molar-refractivity contribution is -0.123. The molecule has 3 nitrogen and oxygen atoms in total. The third-order valence-electron chi connectivity index (χ3n) is 3.96. The Hall–Kier alpha value is -1.32. The molecule has 1 rings (SSSR count). The van der Waals surface area contributed by atoms with Crippen LogP contribution in [0.25, 0.3) is 0 Å². The molecule has 0 aliphatic heterocycles. The largest absolute Gasteiger partial charge is 0.326 e. The van der Waals surface area contributed by atoms with Crippen LogP contribution >= 0.6 is 0 Å². The molecule has 20 heavy (non-hydrogen) atoms. The molecule has 0 unspecified atom stereocenters. The van der Waals surface area contributed by atoms with Crippen LogP contribution in [0, 0.1) is 5.41 Å². The Morgan fingerprint density at radius 2 is 1.35 bits per heavy atom. The average molecular weight is 264 g/mol. The molecule has 0 saturated carbocycles. The third kappa shape index (κ3) is 3.05. The maximum Gasteiger partial charge on any atom is 0.229 e. The summed E-state index contributed by atoms with van der Waals surface area (Å²) in [5.41, 5.74) is 4.94. The van der Waals surface area contributed by atoms with Gasteiger partial charge in [0.2, 0.25) is 5.91 Å². The molecular formula is C12H20B5NO2. The van der Waals surface area contributed by atoms with Gasteiger partial charge in [0.15, 0.2) is 7.85 Å². The smallest absolute Gasteiger partial charge is 0.229 e. The molecule has 0 aliphatic carbocycles. The Kier molecular flexibility index (Phi) is 4.68. The van der Waals surface area contributed by atoms with Gasteiger partial charge in [-0.2, -0.15) is 0 Å². The lowest BCUT2D eigenvalue weighted by atomic mass is 9.63. The molecule has 1 aromatic carbocycles. The second kappa shape index (κ2) is 5.59. The van der Waals surface area contributed by atoms with Gasteiger partial charge in [0.05, 0.1) is 0 Å². The van der Waals surface area contributed by atoms with E-state index in [9.17, 15) is 9.59 Å². The van der Waals surface area contributed by atoms with Crippen LogP contribution in [0.15, 0.2) is 0 Å². The summed E-state index contributed by atoms with van der Waals surface area (Å²) >= 11 is 0. The van der Waals surface area contributed by atoms with Gasteiger partial charge in [0.25, 0.3) is 0 Å². The van der Waals surface area contributed by atoms with Crippen molar-refractivity contribution in [2.75, 3.05) is 5.32 Å². The second-order valence-corrected chi connectivity index (χ2v) is 6.51. The van der Waals surface area contributed by atoms with Gasteiger partial charge in [-0.3, -0.25) is 4.79 Å². The average Bonchev–Trinajstić information content (AvgIpc) is 2.31. The minimum atomic E-state index is -0.493. The topological polar surface area (TPSA) is 46.2 Å². The predicted octanol–water partition coefficient (Wildman–Crippen LogP) is -5.52. The Bertz CT molecular complexity index is 593. The van der Waals surface area contributed by atoms with E-state index in [2.05, 4.69) is 5.32 Å². The van der Waals surface area contributed by atoms with Crippen molar-refractivity contribution in [3.63, 3.8) is 0 Å². The third-order valence-corrected chi connectivity index (χ3v) is 3.96. The number of anilines is 1. The quantitative estimate of drug-likeness (QED) is 0.542. The van der Waals surface area contributed by atoms with Crippen molar-refractivity contribution >= 4 is 78.4 Å².